The van der Waals surface area contributed by atoms with Gasteiger partial charge in [0.15, 0.2) is 0 Å². The highest BCUT2D eigenvalue weighted by Gasteiger charge is 2.30. The van der Waals surface area contributed by atoms with Crippen molar-refractivity contribution in [3.8, 4) is 0 Å². The van der Waals surface area contributed by atoms with Crippen molar-refractivity contribution in [1.29, 1.82) is 0 Å². The fourth-order valence-corrected chi connectivity index (χ4v) is 4.67. The van der Waals surface area contributed by atoms with Crippen LogP contribution in [0.5, 0.6) is 0 Å². The molecule has 2 rings (SSSR count). The first kappa shape index (κ1) is 37.8. The second-order valence-corrected chi connectivity index (χ2v) is 12.7. The van der Waals surface area contributed by atoms with Gasteiger partial charge in [-0.1, -0.05) is 74.5 Å². The maximum atomic E-state index is 13.7. The molecule has 0 aliphatic carbocycles. The molecule has 0 saturated heterocycles. The summed E-state index contributed by atoms with van der Waals surface area (Å²) in [6.45, 7) is 9.54. The van der Waals surface area contributed by atoms with Crippen molar-refractivity contribution < 1.29 is 33.4 Å². The van der Waals surface area contributed by atoms with E-state index < -0.39 is 47.6 Å². The largest absolute Gasteiger partial charge is 0.467 e. The van der Waals surface area contributed by atoms with Gasteiger partial charge in [0.2, 0.25) is 17.7 Å². The second-order valence-electron chi connectivity index (χ2n) is 12.7. The van der Waals surface area contributed by atoms with E-state index in [0.717, 1.165) is 11.1 Å². The average molecular weight is 639 g/mol. The van der Waals surface area contributed by atoms with Crippen molar-refractivity contribution in [2.45, 2.75) is 96.9 Å². The third-order valence-corrected chi connectivity index (χ3v) is 6.86. The smallest absolute Gasteiger partial charge is 0.407 e. The Bertz CT molecular complexity index is 1260. The number of hydrogen-bond donors (Lipinski definition) is 4. The van der Waals surface area contributed by atoms with E-state index in [1.807, 2.05) is 74.5 Å². The highest BCUT2D eigenvalue weighted by atomic mass is 16.6. The number of alkyl carbamates (subject to hydrolysis) is 1. The first-order valence-electron chi connectivity index (χ1n) is 15.8. The van der Waals surface area contributed by atoms with E-state index in [-0.39, 0.29) is 31.1 Å². The van der Waals surface area contributed by atoms with Gasteiger partial charge in [0.1, 0.15) is 23.7 Å². The monoisotopic (exact) mass is 638 g/mol. The van der Waals surface area contributed by atoms with Crippen LogP contribution in [0.15, 0.2) is 60.7 Å². The van der Waals surface area contributed by atoms with Gasteiger partial charge < -0.3 is 30.7 Å². The van der Waals surface area contributed by atoms with Crippen LogP contribution in [-0.4, -0.2) is 67.2 Å². The highest BCUT2D eigenvalue weighted by molar-refractivity contribution is 5.93. The van der Waals surface area contributed by atoms with Crippen molar-refractivity contribution in [3.05, 3.63) is 71.8 Å². The van der Waals surface area contributed by atoms with Gasteiger partial charge in [-0.15, -0.1) is 0 Å². The quantitative estimate of drug-likeness (QED) is 0.152. The Labute approximate surface area is 272 Å². The zero-order valence-corrected chi connectivity index (χ0v) is 27.9. The molecule has 0 aliphatic heterocycles. The lowest BCUT2D eigenvalue weighted by Crippen LogP contribution is -2.56. The molecule has 0 heterocycles. The van der Waals surface area contributed by atoms with E-state index in [9.17, 15) is 24.0 Å². The molecule has 2 aromatic carbocycles. The minimum Gasteiger partial charge on any atom is -0.467 e. The standard InChI is InChI=1S/C35H50N4O7/c1-24(2)21-27(31(41)39-29(33(43)45-6)23-26-17-11-8-12-18-26)38-32(42)28(22-25-15-9-7-10-16-25)37-30(40)19-13-14-20-36-34(44)46-35(3,4)5/h7-12,15-18,24,27-29H,13-14,19-23H2,1-6H3,(H,36,44)(H,37,40)(H,38,42)(H,39,41)/t27-,28-,29-/m0/s1. The molecule has 11 heteroatoms. The summed E-state index contributed by atoms with van der Waals surface area (Å²) in [7, 11) is 1.26. The molecule has 4 amide bonds. The molecule has 0 bridgehead atoms. The molecule has 0 aliphatic rings. The van der Waals surface area contributed by atoms with E-state index in [0.29, 0.717) is 25.8 Å². The van der Waals surface area contributed by atoms with Crippen molar-refractivity contribution in [3.63, 3.8) is 0 Å². The minimum atomic E-state index is -0.954. The molecule has 0 fully saturated rings. The Morgan fingerprint density at radius 3 is 1.76 bits per heavy atom. The second kappa shape index (κ2) is 19.2. The van der Waals surface area contributed by atoms with Crippen LogP contribution in [0.4, 0.5) is 4.79 Å². The Hall–Kier alpha value is -4.41. The van der Waals surface area contributed by atoms with Crippen molar-refractivity contribution in [2.75, 3.05) is 13.7 Å². The van der Waals surface area contributed by atoms with Gasteiger partial charge in [-0.3, -0.25) is 14.4 Å². The number of rotatable bonds is 17. The van der Waals surface area contributed by atoms with Gasteiger partial charge in [-0.2, -0.15) is 0 Å². The molecule has 3 atom stereocenters. The van der Waals surface area contributed by atoms with E-state index in [2.05, 4.69) is 21.3 Å². The third kappa shape index (κ3) is 15.0. The van der Waals surface area contributed by atoms with Gasteiger partial charge in [0.05, 0.1) is 7.11 Å². The number of nitrogens with one attached hydrogen (secondary N) is 4. The number of methoxy groups -OCH3 is 1. The van der Waals surface area contributed by atoms with Crippen molar-refractivity contribution in [1.82, 2.24) is 21.3 Å². The van der Waals surface area contributed by atoms with Gasteiger partial charge >= 0.3 is 12.1 Å². The molecule has 11 nitrogen and oxygen atoms in total. The maximum Gasteiger partial charge on any atom is 0.407 e. The van der Waals surface area contributed by atoms with Crippen LogP contribution >= 0.6 is 0 Å². The highest BCUT2D eigenvalue weighted by Crippen LogP contribution is 2.11. The van der Waals surface area contributed by atoms with Gasteiger partial charge in [-0.05, 0) is 57.1 Å². The fourth-order valence-electron chi connectivity index (χ4n) is 4.67. The lowest BCUT2D eigenvalue weighted by atomic mass is 10.00. The summed E-state index contributed by atoms with van der Waals surface area (Å²) in [5, 5.41) is 11.1. The normalized spacial score (nSPS) is 13.1. The molecule has 46 heavy (non-hydrogen) atoms. The first-order chi connectivity index (χ1) is 21.8. The lowest BCUT2D eigenvalue weighted by Gasteiger charge is -2.26. The summed E-state index contributed by atoms with van der Waals surface area (Å²) in [4.78, 5) is 64.5. The van der Waals surface area contributed by atoms with Gasteiger partial charge in [0.25, 0.3) is 0 Å². The van der Waals surface area contributed by atoms with Crippen molar-refractivity contribution in [2.24, 2.45) is 5.92 Å². The van der Waals surface area contributed by atoms with Crippen LogP contribution in [0.25, 0.3) is 0 Å². The van der Waals surface area contributed by atoms with Crippen LogP contribution in [0.3, 0.4) is 0 Å². The number of carbonyl (C=O) groups is 5. The SMILES string of the molecule is COC(=O)[C@H](Cc1ccccc1)NC(=O)[C@H](CC(C)C)NC(=O)[C@H](Cc1ccccc1)NC(=O)CCCCNC(=O)OC(C)(C)C. The molecule has 0 saturated carbocycles. The predicted molar refractivity (Wildman–Crippen MR) is 176 cm³/mol. The minimum absolute atomic E-state index is 0.0400. The van der Waals surface area contributed by atoms with Gasteiger partial charge in [-0.25, -0.2) is 9.59 Å². The molecule has 4 N–H and O–H groups in total. The average Bonchev–Trinajstić information content (AvgIpc) is 2.99. The molecule has 2 aromatic rings. The molecule has 0 radical (unpaired) electrons. The number of amides is 4. The van der Waals surface area contributed by atoms with Crippen LogP contribution in [0, 0.1) is 5.92 Å². The maximum absolute atomic E-state index is 13.7. The Balaban J connectivity index is 2.08. The van der Waals surface area contributed by atoms with Crippen molar-refractivity contribution >= 4 is 29.8 Å². The molecule has 0 aromatic heterocycles. The first-order valence-corrected chi connectivity index (χ1v) is 15.8. The summed E-state index contributed by atoms with van der Waals surface area (Å²) in [5.41, 5.74) is 1.08. The Morgan fingerprint density at radius 1 is 0.717 bits per heavy atom. The molecule has 252 valence electrons. The fraction of sp³-hybridized carbons (Fsp3) is 0.514. The van der Waals surface area contributed by atoms with E-state index in [1.165, 1.54) is 7.11 Å². The van der Waals surface area contributed by atoms with Crippen LogP contribution < -0.4 is 21.3 Å². The van der Waals surface area contributed by atoms with Crippen LogP contribution in [-0.2, 0) is 41.5 Å². The summed E-state index contributed by atoms with van der Waals surface area (Å²) < 4.78 is 10.2. The number of carbonyl (C=O) groups excluding carboxylic acids is 5. The molecule has 0 unspecified atom stereocenters. The summed E-state index contributed by atoms with van der Waals surface area (Å²) in [5.74, 6) is -1.91. The molecular weight excluding hydrogens is 588 g/mol. The van der Waals surface area contributed by atoms with E-state index in [4.69, 9.17) is 9.47 Å². The topological polar surface area (TPSA) is 152 Å². The predicted octanol–water partition coefficient (Wildman–Crippen LogP) is 3.84. The molecule has 0 spiro atoms. The van der Waals surface area contributed by atoms with Crippen LogP contribution in [0.1, 0.15) is 71.4 Å². The number of ether oxygens (including phenoxy) is 2. The van der Waals surface area contributed by atoms with E-state index in [1.54, 1.807) is 20.8 Å². The van der Waals surface area contributed by atoms with Crippen LogP contribution in [0.2, 0.25) is 0 Å². The molecular formula is C35H50N4O7. The zero-order valence-electron chi connectivity index (χ0n) is 27.9. The van der Waals surface area contributed by atoms with Gasteiger partial charge in [0, 0.05) is 25.8 Å². The number of benzene rings is 2. The Morgan fingerprint density at radius 2 is 1.24 bits per heavy atom. The Kier molecular flexibility index (Phi) is 15.8. The number of unbranched alkanes of at least 4 members (excludes halogenated alkanes) is 1. The lowest BCUT2D eigenvalue weighted by molar-refractivity contribution is -0.145. The number of esters is 1. The summed E-state index contributed by atoms with van der Waals surface area (Å²) >= 11 is 0. The summed E-state index contributed by atoms with van der Waals surface area (Å²) in [6, 6.07) is 15.7. The number of hydrogen-bond acceptors (Lipinski definition) is 7. The third-order valence-electron chi connectivity index (χ3n) is 6.86. The summed E-state index contributed by atoms with van der Waals surface area (Å²) in [6.07, 6.45) is 1.40. The van der Waals surface area contributed by atoms with E-state index >= 15 is 0 Å². The zero-order chi connectivity index (χ0) is 34.1.